The molecule has 1 aromatic carbocycles. The molecule has 35 heavy (non-hydrogen) atoms. The summed E-state index contributed by atoms with van der Waals surface area (Å²) in [6, 6.07) is 9.01. The van der Waals surface area contributed by atoms with Crippen molar-refractivity contribution in [2.24, 2.45) is 16.9 Å². The lowest BCUT2D eigenvalue weighted by atomic mass is 9.89. The lowest BCUT2D eigenvalue weighted by Gasteiger charge is -2.27. The Morgan fingerprint density at radius 3 is 2.71 bits per heavy atom. The predicted octanol–water partition coefficient (Wildman–Crippen LogP) is 2.97. The van der Waals surface area contributed by atoms with Gasteiger partial charge in [-0.25, -0.2) is 0 Å². The van der Waals surface area contributed by atoms with E-state index in [0.29, 0.717) is 17.9 Å². The second-order valence-corrected chi connectivity index (χ2v) is 11.3. The molecule has 7 rings (SSSR count). The van der Waals surface area contributed by atoms with E-state index in [1.807, 2.05) is 4.90 Å². The molecule has 2 N–H and O–H groups in total. The zero-order valence-corrected chi connectivity index (χ0v) is 20.3. The molecule has 3 atom stereocenters. The third-order valence-corrected chi connectivity index (χ3v) is 8.75. The summed E-state index contributed by atoms with van der Waals surface area (Å²) in [5.74, 6) is 1.20. The van der Waals surface area contributed by atoms with E-state index in [1.165, 1.54) is 16.7 Å². The summed E-state index contributed by atoms with van der Waals surface area (Å²) >= 11 is 0. The monoisotopic (exact) mass is 471 g/mol. The molecule has 3 aliphatic carbocycles. The van der Waals surface area contributed by atoms with Gasteiger partial charge in [0.15, 0.2) is 0 Å². The highest BCUT2D eigenvalue weighted by molar-refractivity contribution is 6.03. The highest BCUT2D eigenvalue weighted by Gasteiger charge is 2.59. The van der Waals surface area contributed by atoms with Gasteiger partial charge in [-0.1, -0.05) is 30.3 Å². The second kappa shape index (κ2) is 7.79. The Morgan fingerprint density at radius 2 is 1.97 bits per heavy atom. The summed E-state index contributed by atoms with van der Waals surface area (Å²) in [4.78, 5) is 30.0. The Morgan fingerprint density at radius 1 is 1.17 bits per heavy atom. The molecule has 7 heteroatoms. The van der Waals surface area contributed by atoms with Gasteiger partial charge in [0.1, 0.15) is 11.7 Å². The van der Waals surface area contributed by atoms with Gasteiger partial charge in [-0.3, -0.25) is 14.9 Å². The quantitative estimate of drug-likeness (QED) is 0.692. The molecule has 2 saturated heterocycles. The molecule has 1 aromatic rings. The number of fused-ring (bicyclic) bond motifs is 1. The summed E-state index contributed by atoms with van der Waals surface area (Å²) in [5.41, 5.74) is 8.76. The van der Waals surface area contributed by atoms with Crippen molar-refractivity contribution >= 4 is 23.1 Å². The van der Waals surface area contributed by atoms with Crippen molar-refractivity contribution in [2.45, 2.75) is 63.2 Å². The number of likely N-dealkylation sites (tertiary alicyclic amines) is 1. The zero-order valence-electron chi connectivity index (χ0n) is 20.3. The molecule has 3 aliphatic heterocycles. The van der Waals surface area contributed by atoms with Gasteiger partial charge in [-0.05, 0) is 79.7 Å². The summed E-state index contributed by atoms with van der Waals surface area (Å²) in [6.07, 6.45) is 10.3. The van der Waals surface area contributed by atoms with Gasteiger partial charge in [0.2, 0.25) is 11.8 Å². The summed E-state index contributed by atoms with van der Waals surface area (Å²) in [5, 5.41) is 8.05. The third-order valence-electron chi connectivity index (χ3n) is 8.75. The lowest BCUT2D eigenvalue weighted by Crippen LogP contribution is -2.37. The average Bonchev–Trinajstić information content (AvgIpc) is 3.78. The lowest BCUT2D eigenvalue weighted by molar-refractivity contribution is -0.131. The predicted molar refractivity (Wildman–Crippen MR) is 134 cm³/mol. The summed E-state index contributed by atoms with van der Waals surface area (Å²) < 4.78 is 0. The second-order valence-electron chi connectivity index (χ2n) is 11.3. The van der Waals surface area contributed by atoms with E-state index in [1.54, 1.807) is 0 Å². The minimum Gasteiger partial charge on any atom is -0.342 e. The molecule has 1 spiro atoms. The number of rotatable bonds is 5. The van der Waals surface area contributed by atoms with Crippen molar-refractivity contribution in [3.05, 3.63) is 53.1 Å². The number of carbonyl (C=O) groups excluding carboxylic acids is 2. The first-order valence-corrected chi connectivity index (χ1v) is 13.2. The maximum absolute atomic E-state index is 13.4. The SMILES string of the molecule is CC1=NNC2CC=C(c3ccc(C4NC5(CC5)C(=O)N4C[C@@H]4CCN(C(=O)C5CC5)C4)cc3)C=C12. The van der Waals surface area contributed by atoms with Crippen molar-refractivity contribution in [1.82, 2.24) is 20.5 Å². The van der Waals surface area contributed by atoms with Crippen LogP contribution in [0.5, 0.6) is 0 Å². The number of allylic oxidation sites excluding steroid dienone is 2. The maximum atomic E-state index is 13.4. The minimum absolute atomic E-state index is 0.0938. The van der Waals surface area contributed by atoms with E-state index in [4.69, 9.17) is 0 Å². The molecule has 6 aliphatic rings. The van der Waals surface area contributed by atoms with Crippen molar-refractivity contribution in [3.8, 4) is 0 Å². The normalized spacial score (nSPS) is 30.7. The van der Waals surface area contributed by atoms with Crippen LogP contribution < -0.4 is 10.7 Å². The topological polar surface area (TPSA) is 77.0 Å². The van der Waals surface area contributed by atoms with Crippen molar-refractivity contribution < 1.29 is 9.59 Å². The van der Waals surface area contributed by atoms with Crippen LogP contribution in [0.15, 0.2) is 47.1 Å². The maximum Gasteiger partial charge on any atom is 0.244 e. The Bertz CT molecular complexity index is 1170. The van der Waals surface area contributed by atoms with Crippen LogP contribution >= 0.6 is 0 Å². The Labute approximate surface area is 206 Å². The van der Waals surface area contributed by atoms with Gasteiger partial charge in [0, 0.05) is 25.6 Å². The van der Waals surface area contributed by atoms with Crippen LogP contribution in [-0.4, -0.2) is 58.5 Å². The number of amides is 2. The molecule has 0 radical (unpaired) electrons. The molecular weight excluding hydrogens is 438 g/mol. The van der Waals surface area contributed by atoms with E-state index in [9.17, 15) is 9.59 Å². The molecular formula is C28H33N5O2. The van der Waals surface area contributed by atoms with Crippen LogP contribution in [0.3, 0.4) is 0 Å². The van der Waals surface area contributed by atoms with E-state index in [0.717, 1.165) is 69.4 Å². The Hall–Kier alpha value is -2.93. The fourth-order valence-corrected chi connectivity index (χ4v) is 6.25. The zero-order chi connectivity index (χ0) is 23.7. The smallest absolute Gasteiger partial charge is 0.244 e. The fourth-order valence-electron chi connectivity index (χ4n) is 6.25. The molecule has 182 valence electrons. The van der Waals surface area contributed by atoms with Crippen LogP contribution in [0.4, 0.5) is 0 Å². The van der Waals surface area contributed by atoms with Crippen LogP contribution in [0.25, 0.3) is 5.57 Å². The van der Waals surface area contributed by atoms with Gasteiger partial charge in [-0.15, -0.1) is 0 Å². The number of hydrogen-bond acceptors (Lipinski definition) is 5. The van der Waals surface area contributed by atoms with Crippen LogP contribution in [-0.2, 0) is 9.59 Å². The van der Waals surface area contributed by atoms with Crippen LogP contribution in [0.1, 0.15) is 62.7 Å². The Balaban J connectivity index is 1.08. The molecule has 4 fully saturated rings. The molecule has 7 nitrogen and oxygen atoms in total. The summed E-state index contributed by atoms with van der Waals surface area (Å²) in [7, 11) is 0. The standard InChI is InChI=1S/C28H33N5O2/c1-17-23-14-22(8-9-24(23)31-30-17)19-2-4-20(5-3-19)25-29-28(11-12-28)27(35)33(25)16-18-10-13-32(15-18)26(34)21-6-7-21/h2-5,8,14,18,21,24-25,29,31H,6-7,9-13,15-16H2,1H3/t18-,24?,25?/m1/s1. The molecule has 2 saturated carbocycles. The molecule has 0 bridgehead atoms. The van der Waals surface area contributed by atoms with Crippen molar-refractivity contribution in [3.63, 3.8) is 0 Å². The number of benzene rings is 1. The highest BCUT2D eigenvalue weighted by atomic mass is 16.2. The van der Waals surface area contributed by atoms with E-state index >= 15 is 0 Å². The van der Waals surface area contributed by atoms with Crippen molar-refractivity contribution in [1.29, 1.82) is 0 Å². The first-order chi connectivity index (χ1) is 17.0. The van der Waals surface area contributed by atoms with Crippen molar-refractivity contribution in [2.75, 3.05) is 19.6 Å². The van der Waals surface area contributed by atoms with Crippen LogP contribution in [0.2, 0.25) is 0 Å². The number of carbonyl (C=O) groups is 2. The first-order valence-electron chi connectivity index (χ1n) is 13.2. The number of hydrogen-bond donors (Lipinski definition) is 2. The van der Waals surface area contributed by atoms with E-state index in [2.05, 4.69) is 64.1 Å². The van der Waals surface area contributed by atoms with Gasteiger partial charge in [0.05, 0.1) is 11.8 Å². The van der Waals surface area contributed by atoms with Gasteiger partial charge < -0.3 is 15.2 Å². The van der Waals surface area contributed by atoms with E-state index in [-0.39, 0.29) is 23.5 Å². The minimum atomic E-state index is -0.358. The van der Waals surface area contributed by atoms with Crippen LogP contribution in [0, 0.1) is 11.8 Å². The largest absolute Gasteiger partial charge is 0.342 e. The summed E-state index contributed by atoms with van der Waals surface area (Å²) in [6.45, 7) is 4.41. The average molecular weight is 472 g/mol. The van der Waals surface area contributed by atoms with Gasteiger partial charge in [0.25, 0.3) is 0 Å². The fraction of sp³-hybridized carbons (Fsp3) is 0.536. The highest BCUT2D eigenvalue weighted by Crippen LogP contribution is 2.46. The third kappa shape index (κ3) is 3.63. The number of hydrazone groups is 1. The van der Waals surface area contributed by atoms with Gasteiger partial charge >= 0.3 is 0 Å². The molecule has 0 aromatic heterocycles. The van der Waals surface area contributed by atoms with E-state index < -0.39 is 0 Å². The molecule has 2 unspecified atom stereocenters. The Kier molecular flexibility index (Phi) is 4.75. The molecule has 3 heterocycles. The number of nitrogens with one attached hydrogen (secondary N) is 2. The molecule has 2 amide bonds. The number of nitrogens with zero attached hydrogens (tertiary/aromatic N) is 3. The van der Waals surface area contributed by atoms with Gasteiger partial charge in [-0.2, -0.15) is 5.10 Å². The first kappa shape index (κ1) is 21.4.